The zero-order chi connectivity index (χ0) is 19.6. The van der Waals surface area contributed by atoms with Crippen molar-refractivity contribution in [3.8, 4) is 11.5 Å². The maximum Gasteiger partial charge on any atom is 0.526 e. The molecule has 5 rings (SSSR count). The van der Waals surface area contributed by atoms with Gasteiger partial charge in [-0.15, -0.1) is 0 Å². The van der Waals surface area contributed by atoms with E-state index in [9.17, 15) is 24.8 Å². The molecule has 10 heteroatoms. The summed E-state index contributed by atoms with van der Waals surface area (Å²) in [5, 5.41) is 32.2. The SMILES string of the molecule is O=C(O)c1c(OC2CN(C(=O)[C@H]3C[C@@H](O)CN3)C2)ccc2c1OB(O)[C@H]1C[C@@H]21. The van der Waals surface area contributed by atoms with Gasteiger partial charge >= 0.3 is 13.1 Å². The molecular formula is C18H21BN2O7. The highest BCUT2D eigenvalue weighted by Gasteiger charge is 2.54. The normalized spacial score (nSPS) is 30.8. The number of β-amino-alcohol motifs (C(OH)–C–C–N with tert-alkyl or cyclic N) is 1. The summed E-state index contributed by atoms with van der Waals surface area (Å²) in [4.78, 5) is 25.9. The molecule has 3 heterocycles. The third-order valence-electron chi connectivity index (χ3n) is 6.07. The molecule has 0 unspecified atom stereocenters. The number of ether oxygens (including phenoxy) is 1. The van der Waals surface area contributed by atoms with Crippen molar-refractivity contribution in [1.29, 1.82) is 0 Å². The molecule has 2 saturated heterocycles. The summed E-state index contributed by atoms with van der Waals surface area (Å²) in [6.45, 7) is 1.13. The number of aliphatic hydroxyl groups is 1. The Morgan fingerprint density at radius 2 is 2.07 bits per heavy atom. The first-order valence-corrected chi connectivity index (χ1v) is 9.54. The highest BCUT2D eigenvalue weighted by Crippen LogP contribution is 2.60. The van der Waals surface area contributed by atoms with E-state index in [2.05, 4.69) is 5.32 Å². The van der Waals surface area contributed by atoms with Gasteiger partial charge in [0.1, 0.15) is 23.2 Å². The summed E-state index contributed by atoms with van der Waals surface area (Å²) < 4.78 is 11.3. The summed E-state index contributed by atoms with van der Waals surface area (Å²) in [7, 11) is -0.989. The van der Waals surface area contributed by atoms with E-state index in [0.717, 1.165) is 12.0 Å². The van der Waals surface area contributed by atoms with Gasteiger partial charge in [0.25, 0.3) is 0 Å². The van der Waals surface area contributed by atoms with Crippen LogP contribution in [-0.2, 0) is 4.79 Å². The van der Waals surface area contributed by atoms with Crippen molar-refractivity contribution in [2.24, 2.45) is 0 Å². The number of nitrogens with one attached hydrogen (secondary N) is 1. The molecule has 0 spiro atoms. The molecular weight excluding hydrogens is 367 g/mol. The van der Waals surface area contributed by atoms with E-state index in [4.69, 9.17) is 9.39 Å². The summed E-state index contributed by atoms with van der Waals surface area (Å²) in [5.41, 5.74) is 0.726. The topological polar surface area (TPSA) is 129 Å². The first-order chi connectivity index (χ1) is 13.4. The van der Waals surface area contributed by atoms with Gasteiger partial charge < -0.3 is 34.8 Å². The molecule has 0 radical (unpaired) electrons. The molecule has 4 atom stereocenters. The summed E-state index contributed by atoms with van der Waals surface area (Å²) in [6.07, 6.45) is 0.374. The van der Waals surface area contributed by atoms with Crippen molar-refractivity contribution < 1.29 is 34.2 Å². The Kier molecular flexibility index (Phi) is 4.04. The van der Waals surface area contributed by atoms with E-state index in [0.29, 0.717) is 26.1 Å². The number of fused-ring (bicyclic) bond motifs is 3. The number of hydrogen-bond acceptors (Lipinski definition) is 7. The highest BCUT2D eigenvalue weighted by atomic mass is 16.5. The van der Waals surface area contributed by atoms with Crippen molar-refractivity contribution in [2.45, 2.75) is 42.8 Å². The van der Waals surface area contributed by atoms with Gasteiger partial charge in [0, 0.05) is 12.4 Å². The second-order valence-corrected chi connectivity index (χ2v) is 8.01. The van der Waals surface area contributed by atoms with Crippen LogP contribution in [-0.4, -0.2) is 77.0 Å². The van der Waals surface area contributed by atoms with E-state index in [1.165, 1.54) is 0 Å². The van der Waals surface area contributed by atoms with Crippen molar-refractivity contribution in [2.75, 3.05) is 19.6 Å². The van der Waals surface area contributed by atoms with Gasteiger partial charge in [-0.1, -0.05) is 6.07 Å². The number of benzene rings is 1. The lowest BCUT2D eigenvalue weighted by Crippen LogP contribution is -2.59. The third kappa shape index (κ3) is 2.83. The van der Waals surface area contributed by atoms with Gasteiger partial charge in [-0.3, -0.25) is 4.79 Å². The molecule has 4 N–H and O–H groups in total. The van der Waals surface area contributed by atoms with Crippen molar-refractivity contribution in [1.82, 2.24) is 10.2 Å². The Morgan fingerprint density at radius 3 is 2.75 bits per heavy atom. The molecule has 1 saturated carbocycles. The minimum atomic E-state index is -1.17. The maximum atomic E-state index is 12.4. The number of likely N-dealkylation sites (tertiary alicyclic amines) is 1. The second-order valence-electron chi connectivity index (χ2n) is 8.01. The fourth-order valence-corrected chi connectivity index (χ4v) is 4.39. The number of carboxylic acids is 1. The Hall–Kier alpha value is -2.30. The standard InChI is InChI=1S/C18H21BN2O7/c22-8-3-13(20-5-8)17(23)21-6-9(7-21)27-14-2-1-10-11-4-12(11)19(26)28-16(10)15(14)18(24)25/h1-2,8-9,11-13,20,22,26H,3-7H2,(H,24,25)/t8-,11+,12+,13-/m1/s1. The average Bonchev–Trinajstić information content (AvgIpc) is 3.31. The first kappa shape index (κ1) is 17.8. The number of nitrogens with zero attached hydrogens (tertiary/aromatic N) is 1. The molecule has 148 valence electrons. The van der Waals surface area contributed by atoms with Crippen LogP contribution in [0.3, 0.4) is 0 Å². The van der Waals surface area contributed by atoms with Crippen molar-refractivity contribution in [3.05, 3.63) is 23.3 Å². The van der Waals surface area contributed by atoms with Gasteiger partial charge in [-0.2, -0.15) is 0 Å². The summed E-state index contributed by atoms with van der Waals surface area (Å²) in [6, 6.07) is 3.06. The van der Waals surface area contributed by atoms with Crippen LogP contribution >= 0.6 is 0 Å². The van der Waals surface area contributed by atoms with E-state index in [-0.39, 0.29) is 46.9 Å². The number of amides is 1. The van der Waals surface area contributed by atoms with Crippen LogP contribution in [0.5, 0.6) is 11.5 Å². The smallest absolute Gasteiger partial charge is 0.526 e. The molecule has 0 aromatic heterocycles. The number of aromatic carboxylic acids is 1. The lowest BCUT2D eigenvalue weighted by molar-refractivity contribution is -0.142. The van der Waals surface area contributed by atoms with Crippen LogP contribution in [0.25, 0.3) is 0 Å². The fraction of sp³-hybridized carbons (Fsp3) is 0.556. The van der Waals surface area contributed by atoms with Crippen molar-refractivity contribution >= 4 is 19.0 Å². The molecule has 3 fully saturated rings. The monoisotopic (exact) mass is 388 g/mol. The first-order valence-electron chi connectivity index (χ1n) is 9.54. The van der Waals surface area contributed by atoms with E-state index >= 15 is 0 Å². The van der Waals surface area contributed by atoms with Crippen LogP contribution in [0.15, 0.2) is 12.1 Å². The number of rotatable bonds is 4. The number of carboxylic acid groups (broad SMARTS) is 1. The summed E-state index contributed by atoms with van der Waals surface area (Å²) in [5.74, 6) is -0.704. The van der Waals surface area contributed by atoms with Crippen molar-refractivity contribution in [3.63, 3.8) is 0 Å². The number of hydrogen-bond donors (Lipinski definition) is 4. The van der Waals surface area contributed by atoms with E-state index in [1.807, 2.05) is 0 Å². The van der Waals surface area contributed by atoms with Gasteiger partial charge in [0.2, 0.25) is 5.91 Å². The minimum Gasteiger partial charge on any atom is -0.535 e. The quantitative estimate of drug-likeness (QED) is 0.505. The molecule has 4 aliphatic rings. The minimum absolute atomic E-state index is 0.0369. The number of aliphatic hydroxyl groups excluding tert-OH is 1. The van der Waals surface area contributed by atoms with Crippen LogP contribution in [0.2, 0.25) is 5.82 Å². The van der Waals surface area contributed by atoms with Gasteiger partial charge in [-0.05, 0) is 30.4 Å². The molecule has 1 aromatic carbocycles. The number of carbonyl (C=O) groups is 2. The predicted molar refractivity (Wildman–Crippen MR) is 96.5 cm³/mol. The van der Waals surface area contributed by atoms with Crippen LogP contribution in [0.1, 0.15) is 34.7 Å². The molecule has 1 aromatic rings. The Bertz CT molecular complexity index is 843. The van der Waals surface area contributed by atoms with E-state index in [1.54, 1.807) is 17.0 Å². The average molecular weight is 388 g/mol. The fourth-order valence-electron chi connectivity index (χ4n) is 4.39. The zero-order valence-corrected chi connectivity index (χ0v) is 15.1. The largest absolute Gasteiger partial charge is 0.535 e. The molecule has 0 bridgehead atoms. The highest BCUT2D eigenvalue weighted by molar-refractivity contribution is 6.48. The van der Waals surface area contributed by atoms with Gasteiger partial charge in [0.15, 0.2) is 0 Å². The van der Waals surface area contributed by atoms with Gasteiger partial charge in [0.05, 0.1) is 25.2 Å². The molecule has 3 aliphatic heterocycles. The van der Waals surface area contributed by atoms with Crippen LogP contribution < -0.4 is 14.7 Å². The Labute approximate surface area is 161 Å². The van der Waals surface area contributed by atoms with Crippen LogP contribution in [0.4, 0.5) is 0 Å². The Morgan fingerprint density at radius 1 is 1.29 bits per heavy atom. The second kappa shape index (κ2) is 6.36. The lowest BCUT2D eigenvalue weighted by atomic mass is 9.77. The molecule has 28 heavy (non-hydrogen) atoms. The molecule has 1 amide bonds. The van der Waals surface area contributed by atoms with E-state index < -0.39 is 19.2 Å². The zero-order valence-electron chi connectivity index (χ0n) is 15.1. The Balaban J connectivity index is 1.28. The maximum absolute atomic E-state index is 12.4. The van der Waals surface area contributed by atoms with Crippen LogP contribution in [0, 0.1) is 0 Å². The third-order valence-corrected chi connectivity index (χ3v) is 6.07. The molecule has 9 nitrogen and oxygen atoms in total. The lowest BCUT2D eigenvalue weighted by Gasteiger charge is -2.40. The molecule has 1 aliphatic carbocycles. The predicted octanol–water partition coefficient (Wildman–Crippen LogP) is -0.572. The van der Waals surface area contributed by atoms with Gasteiger partial charge in [-0.25, -0.2) is 4.79 Å². The summed E-state index contributed by atoms with van der Waals surface area (Å²) >= 11 is 0. The number of carbonyl (C=O) groups excluding carboxylic acids is 1.